The number of hydrogen-bond acceptors (Lipinski definition) is 3. The van der Waals surface area contributed by atoms with Gasteiger partial charge in [0.2, 0.25) is 0 Å². The highest BCUT2D eigenvalue weighted by molar-refractivity contribution is 5.08. The number of nitrogens with zero attached hydrogens (tertiary/aromatic N) is 2. The zero-order chi connectivity index (χ0) is 12.5. The molecule has 1 heterocycles. The van der Waals surface area contributed by atoms with Crippen LogP contribution in [0.25, 0.3) is 0 Å². The van der Waals surface area contributed by atoms with Crippen LogP contribution in [0.1, 0.15) is 38.1 Å². The molecule has 0 aliphatic carbocycles. The van der Waals surface area contributed by atoms with Crippen LogP contribution in [0, 0.1) is 6.92 Å². The summed E-state index contributed by atoms with van der Waals surface area (Å²) in [6, 6.07) is 2.16. The summed E-state index contributed by atoms with van der Waals surface area (Å²) in [5.41, 5.74) is 2.38. The number of aryl methyl sites for hydroxylation is 2. The second-order valence-corrected chi connectivity index (χ2v) is 4.23. The van der Waals surface area contributed by atoms with Crippen molar-refractivity contribution in [1.29, 1.82) is 0 Å². The van der Waals surface area contributed by atoms with Crippen molar-refractivity contribution in [3.63, 3.8) is 0 Å². The molecule has 4 nitrogen and oxygen atoms in total. The number of ether oxygens (including phenoxy) is 1. The third kappa shape index (κ3) is 5.33. The first-order chi connectivity index (χ1) is 8.27. The van der Waals surface area contributed by atoms with Crippen LogP contribution >= 0.6 is 0 Å². The summed E-state index contributed by atoms with van der Waals surface area (Å²) in [5.74, 6) is 0. The van der Waals surface area contributed by atoms with Crippen molar-refractivity contribution in [3.05, 3.63) is 17.5 Å². The Balaban J connectivity index is 2.25. The molecule has 0 saturated heterocycles. The largest absolute Gasteiger partial charge is 0.382 e. The van der Waals surface area contributed by atoms with Gasteiger partial charge in [0.15, 0.2) is 0 Å². The van der Waals surface area contributed by atoms with Gasteiger partial charge in [0, 0.05) is 26.3 Å². The molecule has 0 amide bonds. The first-order valence-corrected chi connectivity index (χ1v) is 6.59. The number of aromatic nitrogens is 2. The summed E-state index contributed by atoms with van der Waals surface area (Å²) in [7, 11) is 0. The lowest BCUT2D eigenvalue weighted by atomic mass is 10.3. The number of hydrogen-bond donors (Lipinski definition) is 1. The van der Waals surface area contributed by atoms with Crippen molar-refractivity contribution in [3.8, 4) is 0 Å². The molecule has 4 heteroatoms. The van der Waals surface area contributed by atoms with E-state index in [0.717, 1.165) is 51.4 Å². The third-order valence-corrected chi connectivity index (χ3v) is 2.57. The fraction of sp³-hybridized carbons (Fsp3) is 0.769. The maximum absolute atomic E-state index is 5.29. The average molecular weight is 239 g/mol. The molecule has 1 N–H and O–H groups in total. The van der Waals surface area contributed by atoms with Crippen LogP contribution in [0.3, 0.4) is 0 Å². The molecule has 1 aromatic rings. The molecule has 0 unspecified atom stereocenters. The lowest BCUT2D eigenvalue weighted by Gasteiger charge is -2.07. The van der Waals surface area contributed by atoms with Gasteiger partial charge >= 0.3 is 0 Å². The second-order valence-electron chi connectivity index (χ2n) is 4.23. The summed E-state index contributed by atoms with van der Waals surface area (Å²) < 4.78 is 7.40. The van der Waals surface area contributed by atoms with Crippen molar-refractivity contribution in [1.82, 2.24) is 15.1 Å². The number of nitrogens with one attached hydrogen (secondary N) is 1. The monoisotopic (exact) mass is 239 g/mol. The van der Waals surface area contributed by atoms with E-state index in [-0.39, 0.29) is 0 Å². The molecule has 0 saturated carbocycles. The Kier molecular flexibility index (Phi) is 6.89. The van der Waals surface area contributed by atoms with Gasteiger partial charge in [-0.15, -0.1) is 0 Å². The highest BCUT2D eigenvalue weighted by atomic mass is 16.5. The van der Waals surface area contributed by atoms with Crippen molar-refractivity contribution in [2.24, 2.45) is 0 Å². The molecule has 0 spiro atoms. The third-order valence-electron chi connectivity index (χ3n) is 2.57. The molecule has 17 heavy (non-hydrogen) atoms. The highest BCUT2D eigenvalue weighted by Gasteiger charge is 2.03. The molecular formula is C13H25N3O. The molecule has 0 aliphatic rings. The lowest BCUT2D eigenvalue weighted by Crippen LogP contribution is -2.19. The van der Waals surface area contributed by atoms with E-state index in [1.165, 1.54) is 5.69 Å². The zero-order valence-corrected chi connectivity index (χ0v) is 11.3. The quantitative estimate of drug-likeness (QED) is 0.671. The Morgan fingerprint density at radius 3 is 2.94 bits per heavy atom. The van der Waals surface area contributed by atoms with Crippen LogP contribution in [-0.4, -0.2) is 29.5 Å². The highest BCUT2D eigenvalue weighted by Crippen LogP contribution is 2.04. The molecular weight excluding hydrogens is 214 g/mol. The van der Waals surface area contributed by atoms with E-state index in [4.69, 9.17) is 4.74 Å². The van der Waals surface area contributed by atoms with E-state index in [1.54, 1.807) is 0 Å². The lowest BCUT2D eigenvalue weighted by molar-refractivity contribution is 0.144. The molecule has 98 valence electrons. The standard InChI is InChI=1S/C13H25N3O/c1-4-8-16-13(10-12(3)15-16)11-14-7-6-9-17-5-2/h10,14H,4-9,11H2,1-3H3. The molecule has 0 bridgehead atoms. The van der Waals surface area contributed by atoms with Crippen LogP contribution < -0.4 is 5.32 Å². The first kappa shape index (κ1) is 14.2. The fourth-order valence-corrected chi connectivity index (χ4v) is 1.81. The van der Waals surface area contributed by atoms with Crippen LogP contribution in [0.4, 0.5) is 0 Å². The van der Waals surface area contributed by atoms with Crippen LogP contribution in [0.5, 0.6) is 0 Å². The topological polar surface area (TPSA) is 39.1 Å². The maximum atomic E-state index is 5.29. The van der Waals surface area contributed by atoms with Gasteiger partial charge in [0.25, 0.3) is 0 Å². The van der Waals surface area contributed by atoms with E-state index in [0.29, 0.717) is 0 Å². The first-order valence-electron chi connectivity index (χ1n) is 6.59. The van der Waals surface area contributed by atoms with Gasteiger partial charge in [-0.25, -0.2) is 0 Å². The number of rotatable bonds is 9. The summed E-state index contributed by atoms with van der Waals surface area (Å²) in [5, 5.41) is 7.91. The Morgan fingerprint density at radius 2 is 2.24 bits per heavy atom. The predicted molar refractivity (Wildman–Crippen MR) is 70.1 cm³/mol. The molecule has 1 aromatic heterocycles. The Bertz CT molecular complexity index is 310. The smallest absolute Gasteiger partial charge is 0.0597 e. The normalized spacial score (nSPS) is 11.0. The van der Waals surface area contributed by atoms with Crippen molar-refractivity contribution in [2.45, 2.75) is 46.7 Å². The fourth-order valence-electron chi connectivity index (χ4n) is 1.81. The minimum Gasteiger partial charge on any atom is -0.382 e. The SMILES string of the molecule is CCCn1nc(C)cc1CNCCCOCC. The maximum Gasteiger partial charge on any atom is 0.0597 e. The van der Waals surface area contributed by atoms with E-state index in [2.05, 4.69) is 28.1 Å². The predicted octanol–water partition coefficient (Wildman–Crippen LogP) is 2.12. The molecule has 0 radical (unpaired) electrons. The Labute approximate surface area is 104 Å². The van der Waals surface area contributed by atoms with E-state index in [9.17, 15) is 0 Å². The van der Waals surface area contributed by atoms with Crippen LogP contribution in [-0.2, 0) is 17.8 Å². The average Bonchev–Trinajstić information content (AvgIpc) is 2.65. The van der Waals surface area contributed by atoms with E-state index in [1.807, 2.05) is 13.8 Å². The minimum atomic E-state index is 0.808. The van der Waals surface area contributed by atoms with Crippen LogP contribution in [0.15, 0.2) is 6.07 Å². The summed E-state index contributed by atoms with van der Waals surface area (Å²) in [6.45, 7) is 10.8. The molecule has 1 rings (SSSR count). The van der Waals surface area contributed by atoms with Crippen molar-refractivity contribution >= 4 is 0 Å². The molecule has 0 aromatic carbocycles. The minimum absolute atomic E-state index is 0.808. The van der Waals surface area contributed by atoms with E-state index >= 15 is 0 Å². The van der Waals surface area contributed by atoms with Gasteiger partial charge in [-0.3, -0.25) is 4.68 Å². The molecule has 0 aliphatic heterocycles. The Morgan fingerprint density at radius 1 is 1.41 bits per heavy atom. The van der Waals surface area contributed by atoms with E-state index < -0.39 is 0 Å². The summed E-state index contributed by atoms with van der Waals surface area (Å²) in [4.78, 5) is 0. The van der Waals surface area contributed by atoms with Gasteiger partial charge in [0.05, 0.1) is 11.4 Å². The molecule has 0 fully saturated rings. The van der Waals surface area contributed by atoms with Crippen LogP contribution in [0.2, 0.25) is 0 Å². The van der Waals surface area contributed by atoms with Gasteiger partial charge in [-0.2, -0.15) is 5.10 Å². The Hall–Kier alpha value is -0.870. The molecule has 0 atom stereocenters. The van der Waals surface area contributed by atoms with Gasteiger partial charge in [-0.1, -0.05) is 6.92 Å². The zero-order valence-electron chi connectivity index (χ0n) is 11.3. The van der Waals surface area contributed by atoms with Gasteiger partial charge in [0.1, 0.15) is 0 Å². The second kappa shape index (κ2) is 8.25. The summed E-state index contributed by atoms with van der Waals surface area (Å²) >= 11 is 0. The van der Waals surface area contributed by atoms with Gasteiger partial charge < -0.3 is 10.1 Å². The summed E-state index contributed by atoms with van der Waals surface area (Å²) in [6.07, 6.45) is 2.19. The van der Waals surface area contributed by atoms with Crippen molar-refractivity contribution < 1.29 is 4.74 Å². The van der Waals surface area contributed by atoms with Gasteiger partial charge in [-0.05, 0) is 39.3 Å². The van der Waals surface area contributed by atoms with Crippen molar-refractivity contribution in [2.75, 3.05) is 19.8 Å².